The van der Waals surface area contributed by atoms with E-state index < -0.39 is 0 Å². The fraction of sp³-hybridized carbons (Fsp3) is 0.0588. The molecule has 22 heavy (non-hydrogen) atoms. The summed E-state index contributed by atoms with van der Waals surface area (Å²) >= 11 is 1.64. The third-order valence-electron chi connectivity index (χ3n) is 4.02. The van der Waals surface area contributed by atoms with Gasteiger partial charge in [-0.1, -0.05) is 35.5 Å². The summed E-state index contributed by atoms with van der Waals surface area (Å²) in [5, 5.41) is 7.26. The zero-order valence-electron chi connectivity index (χ0n) is 11.6. The average Bonchev–Trinajstić information content (AvgIpc) is 3.26. The maximum atomic E-state index is 5.34. The largest absolute Gasteiger partial charge is 0.371 e. The average molecular weight is 305 g/mol. The molecule has 0 atom stereocenters. The molecular formula is C17H11N3OS. The molecule has 5 rings (SSSR count). The Labute approximate surface area is 131 Å². The van der Waals surface area contributed by atoms with Gasteiger partial charge in [0.15, 0.2) is 12.6 Å². The maximum Gasteiger partial charge on any atom is 0.195 e. The van der Waals surface area contributed by atoms with Gasteiger partial charge in [-0.05, 0) is 17.7 Å². The highest BCUT2D eigenvalue weighted by Crippen LogP contribution is 2.41. The SMILES string of the molecule is c1ccc2c(c1)-c1ccc(-c3nccs3)cc1C1=NOCN12. The van der Waals surface area contributed by atoms with Crippen LogP contribution in [-0.2, 0) is 4.84 Å². The van der Waals surface area contributed by atoms with Gasteiger partial charge in [0, 0.05) is 28.3 Å². The Kier molecular flexibility index (Phi) is 2.40. The summed E-state index contributed by atoms with van der Waals surface area (Å²) in [5.74, 6) is 0.882. The normalized spacial score (nSPS) is 14.7. The van der Waals surface area contributed by atoms with E-state index in [0.717, 1.165) is 27.7 Å². The number of hydrogen-bond donors (Lipinski definition) is 0. The molecule has 4 nitrogen and oxygen atoms in total. The van der Waals surface area contributed by atoms with Crippen molar-refractivity contribution < 1.29 is 4.84 Å². The zero-order chi connectivity index (χ0) is 14.5. The smallest absolute Gasteiger partial charge is 0.195 e. The minimum absolute atomic E-state index is 0.466. The van der Waals surface area contributed by atoms with E-state index in [2.05, 4.69) is 51.4 Å². The van der Waals surface area contributed by atoms with Crippen molar-refractivity contribution in [2.24, 2.45) is 5.16 Å². The highest BCUT2D eigenvalue weighted by Gasteiger charge is 2.31. The minimum Gasteiger partial charge on any atom is -0.371 e. The lowest BCUT2D eigenvalue weighted by atomic mass is 9.91. The fourth-order valence-corrected chi connectivity index (χ4v) is 3.67. The molecule has 2 aliphatic rings. The second-order valence-corrected chi connectivity index (χ2v) is 6.11. The quantitative estimate of drug-likeness (QED) is 0.683. The highest BCUT2D eigenvalue weighted by molar-refractivity contribution is 7.13. The number of thiazole rings is 1. The van der Waals surface area contributed by atoms with Crippen LogP contribution in [0.4, 0.5) is 5.69 Å². The van der Waals surface area contributed by atoms with Crippen molar-refractivity contribution in [1.29, 1.82) is 0 Å². The molecule has 3 aromatic rings. The number of amidine groups is 1. The minimum atomic E-state index is 0.466. The van der Waals surface area contributed by atoms with Crippen molar-refractivity contribution in [2.75, 3.05) is 11.6 Å². The van der Waals surface area contributed by atoms with Crippen LogP contribution in [0.3, 0.4) is 0 Å². The topological polar surface area (TPSA) is 37.7 Å². The molecule has 5 heteroatoms. The molecule has 0 radical (unpaired) electrons. The van der Waals surface area contributed by atoms with E-state index in [1.807, 2.05) is 17.6 Å². The summed E-state index contributed by atoms with van der Waals surface area (Å²) in [6.07, 6.45) is 1.83. The molecule has 0 N–H and O–H groups in total. The van der Waals surface area contributed by atoms with E-state index in [1.54, 1.807) is 11.3 Å². The lowest BCUT2D eigenvalue weighted by Gasteiger charge is -2.28. The van der Waals surface area contributed by atoms with E-state index in [4.69, 9.17) is 4.84 Å². The van der Waals surface area contributed by atoms with E-state index in [9.17, 15) is 0 Å². The Hall–Kier alpha value is -2.66. The van der Waals surface area contributed by atoms with Crippen molar-refractivity contribution in [3.05, 3.63) is 59.6 Å². The molecule has 3 heterocycles. The summed E-state index contributed by atoms with van der Waals surface area (Å²) in [7, 11) is 0. The molecule has 1 aromatic heterocycles. The summed E-state index contributed by atoms with van der Waals surface area (Å²) < 4.78 is 0. The van der Waals surface area contributed by atoms with E-state index >= 15 is 0 Å². The van der Waals surface area contributed by atoms with Crippen molar-refractivity contribution in [3.8, 4) is 21.7 Å². The number of anilines is 1. The first-order valence-electron chi connectivity index (χ1n) is 7.03. The first-order valence-corrected chi connectivity index (χ1v) is 7.91. The van der Waals surface area contributed by atoms with Crippen molar-refractivity contribution in [2.45, 2.75) is 0 Å². The predicted molar refractivity (Wildman–Crippen MR) is 88.0 cm³/mol. The molecule has 0 amide bonds. The van der Waals surface area contributed by atoms with E-state index in [-0.39, 0.29) is 0 Å². The van der Waals surface area contributed by atoms with Crippen LogP contribution in [0.1, 0.15) is 5.56 Å². The second-order valence-electron chi connectivity index (χ2n) is 5.22. The van der Waals surface area contributed by atoms with Crippen LogP contribution in [0, 0.1) is 0 Å². The first-order chi connectivity index (χ1) is 10.9. The van der Waals surface area contributed by atoms with Crippen LogP contribution < -0.4 is 4.90 Å². The Balaban J connectivity index is 1.78. The third-order valence-corrected chi connectivity index (χ3v) is 4.84. The highest BCUT2D eigenvalue weighted by atomic mass is 32.1. The van der Waals surface area contributed by atoms with E-state index in [1.165, 1.54) is 11.1 Å². The number of nitrogens with zero attached hydrogens (tertiary/aromatic N) is 3. The standard InChI is InChI=1S/C17H11N3OS/c1-2-4-15-13(3-1)12-6-5-11(17-18-7-8-22-17)9-14(12)16-19-21-10-20(15)16/h1-9H,10H2. The lowest BCUT2D eigenvalue weighted by Crippen LogP contribution is -2.31. The number of hydrogen-bond acceptors (Lipinski definition) is 5. The summed E-state index contributed by atoms with van der Waals surface area (Å²) in [6.45, 7) is 0.466. The molecule has 106 valence electrons. The Morgan fingerprint density at radius 2 is 2.00 bits per heavy atom. The maximum absolute atomic E-state index is 5.34. The first kappa shape index (κ1) is 11.9. The van der Waals surface area contributed by atoms with Gasteiger partial charge in [-0.25, -0.2) is 4.98 Å². The number of benzene rings is 2. The number of aromatic nitrogens is 1. The Morgan fingerprint density at radius 3 is 2.91 bits per heavy atom. The molecule has 0 aliphatic carbocycles. The Bertz CT molecular complexity index is 902. The van der Waals surface area contributed by atoms with Gasteiger partial charge in [0.05, 0.1) is 5.69 Å². The summed E-state index contributed by atoms with van der Waals surface area (Å²) in [6, 6.07) is 14.8. The van der Waals surface area contributed by atoms with Crippen LogP contribution in [-0.4, -0.2) is 17.6 Å². The number of para-hydroxylation sites is 1. The molecular weight excluding hydrogens is 294 g/mol. The Morgan fingerprint density at radius 1 is 1.05 bits per heavy atom. The van der Waals surface area contributed by atoms with Gasteiger partial charge >= 0.3 is 0 Å². The number of rotatable bonds is 1. The van der Waals surface area contributed by atoms with Gasteiger partial charge in [-0.3, -0.25) is 4.90 Å². The third kappa shape index (κ3) is 1.57. The molecule has 0 saturated carbocycles. The second kappa shape index (κ2) is 4.42. The molecule has 0 bridgehead atoms. The van der Waals surface area contributed by atoms with E-state index in [0.29, 0.717) is 6.73 Å². The van der Waals surface area contributed by atoms with Crippen molar-refractivity contribution in [3.63, 3.8) is 0 Å². The zero-order valence-corrected chi connectivity index (χ0v) is 12.4. The van der Waals surface area contributed by atoms with Crippen LogP contribution >= 0.6 is 11.3 Å². The van der Waals surface area contributed by atoms with Crippen molar-refractivity contribution >= 4 is 22.9 Å². The molecule has 0 spiro atoms. The fourth-order valence-electron chi connectivity index (χ4n) is 3.04. The number of fused-ring (bicyclic) bond motifs is 6. The van der Waals surface area contributed by atoms with Gasteiger partial charge in [0.25, 0.3) is 0 Å². The van der Waals surface area contributed by atoms with Crippen LogP contribution in [0.25, 0.3) is 21.7 Å². The summed E-state index contributed by atoms with van der Waals surface area (Å²) in [5.41, 5.74) is 5.77. The monoisotopic (exact) mass is 305 g/mol. The van der Waals surface area contributed by atoms with Gasteiger partial charge in [-0.15, -0.1) is 11.3 Å². The lowest BCUT2D eigenvalue weighted by molar-refractivity contribution is 0.174. The van der Waals surface area contributed by atoms with Gasteiger partial charge in [0.2, 0.25) is 0 Å². The number of oxime groups is 1. The van der Waals surface area contributed by atoms with Crippen LogP contribution in [0.15, 0.2) is 59.2 Å². The predicted octanol–water partition coefficient (Wildman–Crippen LogP) is 3.95. The van der Waals surface area contributed by atoms with Crippen LogP contribution in [0.5, 0.6) is 0 Å². The molecule has 2 aliphatic heterocycles. The van der Waals surface area contributed by atoms with Gasteiger partial charge < -0.3 is 4.84 Å². The molecule has 2 aromatic carbocycles. The van der Waals surface area contributed by atoms with Crippen LogP contribution in [0.2, 0.25) is 0 Å². The molecule has 0 unspecified atom stereocenters. The van der Waals surface area contributed by atoms with Gasteiger partial charge in [0.1, 0.15) is 5.01 Å². The molecule has 0 saturated heterocycles. The molecule has 0 fully saturated rings. The van der Waals surface area contributed by atoms with Crippen molar-refractivity contribution in [1.82, 2.24) is 4.98 Å². The van der Waals surface area contributed by atoms with Gasteiger partial charge in [-0.2, -0.15) is 0 Å². The summed E-state index contributed by atoms with van der Waals surface area (Å²) in [4.78, 5) is 11.9.